The summed E-state index contributed by atoms with van der Waals surface area (Å²) in [6.07, 6.45) is 0. The minimum absolute atomic E-state index is 1.10. The molecule has 0 fully saturated rings. The highest BCUT2D eigenvalue weighted by Gasteiger charge is 2.21. The Morgan fingerprint density at radius 2 is 0.983 bits per heavy atom. The Morgan fingerprint density at radius 1 is 0.356 bits per heavy atom. The third kappa shape index (κ3) is 5.47. The average Bonchev–Trinajstić information content (AvgIpc) is 3.86. The molecule has 59 heavy (non-hydrogen) atoms. The van der Waals surface area contributed by atoms with E-state index in [4.69, 9.17) is 0 Å². The number of aromatic nitrogens is 1. The summed E-state index contributed by atoms with van der Waals surface area (Å²) in [4.78, 5) is 2.41. The van der Waals surface area contributed by atoms with Crippen molar-refractivity contribution in [2.45, 2.75) is 0 Å². The number of anilines is 3. The van der Waals surface area contributed by atoms with Crippen molar-refractivity contribution in [3.63, 3.8) is 0 Å². The van der Waals surface area contributed by atoms with E-state index in [9.17, 15) is 0 Å². The quantitative estimate of drug-likeness (QED) is 0.153. The fourth-order valence-electron chi connectivity index (χ4n) is 9.28. The molecule has 2 aromatic heterocycles. The number of hydrogen-bond acceptors (Lipinski definition) is 2. The van der Waals surface area contributed by atoms with Crippen molar-refractivity contribution in [1.29, 1.82) is 0 Å². The molecule has 3 heteroatoms. The second-order valence-corrected chi connectivity index (χ2v) is 16.4. The summed E-state index contributed by atoms with van der Waals surface area (Å²) < 4.78 is 5.08. The standard InChI is InChI=1S/C56H36N2S/c1-3-13-37(14-4-1)38-27-30-43(31-28-38)57(45-32-34-53-50(36-45)48-21-9-10-24-52(48)59-53)44-19-11-16-41(35-44)47-22-12-23-49-55-51(58(56(47)49)42-17-5-2-6-18-42)33-29-40-26-25-39-15-7-8-20-46(39)54(40)55/h1-36H. The van der Waals surface area contributed by atoms with Crippen LogP contribution in [-0.2, 0) is 0 Å². The van der Waals surface area contributed by atoms with Gasteiger partial charge in [0.15, 0.2) is 0 Å². The first-order chi connectivity index (χ1) is 29.3. The number of rotatable bonds is 6. The lowest BCUT2D eigenvalue weighted by molar-refractivity contribution is 1.18. The number of nitrogens with zero attached hydrogens (tertiary/aromatic N) is 2. The van der Waals surface area contributed by atoms with Gasteiger partial charge in [-0.05, 0) is 105 Å². The zero-order valence-electron chi connectivity index (χ0n) is 32.1. The second kappa shape index (κ2) is 13.6. The van der Waals surface area contributed by atoms with Crippen molar-refractivity contribution < 1.29 is 0 Å². The molecule has 12 rings (SSSR count). The maximum Gasteiger partial charge on any atom is 0.0619 e. The molecule has 0 saturated carbocycles. The number of thiophene rings is 1. The summed E-state index contributed by atoms with van der Waals surface area (Å²) in [6.45, 7) is 0. The fraction of sp³-hybridized carbons (Fsp3) is 0. The zero-order chi connectivity index (χ0) is 38.9. The van der Waals surface area contributed by atoms with Gasteiger partial charge in [-0.2, -0.15) is 0 Å². The van der Waals surface area contributed by atoms with Crippen molar-refractivity contribution in [1.82, 2.24) is 4.57 Å². The van der Waals surface area contributed by atoms with Crippen molar-refractivity contribution in [2.75, 3.05) is 4.90 Å². The Balaban J connectivity index is 1.10. The molecule has 276 valence electrons. The van der Waals surface area contributed by atoms with Crippen LogP contribution in [-0.4, -0.2) is 4.57 Å². The van der Waals surface area contributed by atoms with Crippen LogP contribution < -0.4 is 4.90 Å². The molecule has 0 amide bonds. The maximum absolute atomic E-state index is 2.48. The van der Waals surface area contributed by atoms with Crippen molar-refractivity contribution >= 4 is 91.9 Å². The number of hydrogen-bond donors (Lipinski definition) is 0. The molecule has 2 nitrogen and oxygen atoms in total. The van der Waals surface area contributed by atoms with Crippen LogP contribution in [0.25, 0.3) is 91.5 Å². The van der Waals surface area contributed by atoms with E-state index in [-0.39, 0.29) is 0 Å². The van der Waals surface area contributed by atoms with Crippen molar-refractivity contribution in [3.8, 4) is 27.9 Å². The molecule has 0 saturated heterocycles. The summed E-state index contributed by atoms with van der Waals surface area (Å²) in [5.74, 6) is 0. The predicted octanol–water partition coefficient (Wildman–Crippen LogP) is 16.3. The van der Waals surface area contributed by atoms with E-state index in [0.717, 1.165) is 28.3 Å². The van der Waals surface area contributed by atoms with E-state index in [1.54, 1.807) is 0 Å². The third-order valence-electron chi connectivity index (χ3n) is 11.9. The van der Waals surface area contributed by atoms with Crippen LogP contribution in [0.5, 0.6) is 0 Å². The lowest BCUT2D eigenvalue weighted by atomic mass is 9.96. The monoisotopic (exact) mass is 768 g/mol. The SMILES string of the molecule is c1ccc(-c2ccc(N(c3cccc(-c4cccc5c6c7c(ccc8ccccc87)ccc6n(-c6ccccc6)c45)c3)c3ccc4sc5ccccc5c4c3)cc2)cc1. The van der Waals surface area contributed by atoms with Gasteiger partial charge < -0.3 is 9.47 Å². The molecule has 10 aromatic carbocycles. The van der Waals surface area contributed by atoms with Gasteiger partial charge in [-0.3, -0.25) is 0 Å². The second-order valence-electron chi connectivity index (χ2n) is 15.3. The first-order valence-corrected chi connectivity index (χ1v) is 21.0. The minimum Gasteiger partial charge on any atom is -0.310 e. The molecule has 0 aliphatic carbocycles. The highest BCUT2D eigenvalue weighted by Crippen LogP contribution is 2.45. The Kier molecular flexibility index (Phi) is 7.75. The normalized spacial score (nSPS) is 11.7. The molecule has 0 spiro atoms. The molecule has 12 aromatic rings. The minimum atomic E-state index is 1.10. The van der Waals surface area contributed by atoms with Gasteiger partial charge in [-0.25, -0.2) is 0 Å². The van der Waals surface area contributed by atoms with Crippen LogP contribution in [0.4, 0.5) is 17.1 Å². The van der Waals surface area contributed by atoms with Gasteiger partial charge in [0.05, 0.1) is 11.0 Å². The van der Waals surface area contributed by atoms with E-state index < -0.39 is 0 Å². The lowest BCUT2D eigenvalue weighted by Gasteiger charge is -2.26. The highest BCUT2D eigenvalue weighted by atomic mass is 32.1. The van der Waals surface area contributed by atoms with Gasteiger partial charge in [0.2, 0.25) is 0 Å². The van der Waals surface area contributed by atoms with E-state index in [1.165, 1.54) is 80.2 Å². The summed E-state index contributed by atoms with van der Waals surface area (Å²) in [6, 6.07) is 80.0. The molecule has 0 unspecified atom stereocenters. The van der Waals surface area contributed by atoms with Gasteiger partial charge in [0.25, 0.3) is 0 Å². The van der Waals surface area contributed by atoms with E-state index in [0.29, 0.717) is 0 Å². The van der Waals surface area contributed by atoms with E-state index in [1.807, 2.05) is 11.3 Å². The zero-order valence-corrected chi connectivity index (χ0v) is 32.9. The average molecular weight is 769 g/mol. The van der Waals surface area contributed by atoms with Crippen LogP contribution in [0.3, 0.4) is 0 Å². The molecule has 0 bridgehead atoms. The topological polar surface area (TPSA) is 8.17 Å². The first kappa shape index (κ1) is 33.7. The molecular formula is C56H36N2S. The summed E-state index contributed by atoms with van der Waals surface area (Å²) in [7, 11) is 0. The smallest absolute Gasteiger partial charge is 0.0619 e. The van der Waals surface area contributed by atoms with Crippen LogP contribution in [0.1, 0.15) is 0 Å². The Morgan fingerprint density at radius 3 is 1.85 bits per heavy atom. The molecule has 0 N–H and O–H groups in total. The lowest BCUT2D eigenvalue weighted by Crippen LogP contribution is -2.10. The van der Waals surface area contributed by atoms with Crippen LogP contribution in [0.2, 0.25) is 0 Å². The largest absolute Gasteiger partial charge is 0.310 e. The first-order valence-electron chi connectivity index (χ1n) is 20.2. The van der Waals surface area contributed by atoms with Gasteiger partial charge in [0.1, 0.15) is 0 Å². The van der Waals surface area contributed by atoms with Crippen molar-refractivity contribution in [2.24, 2.45) is 0 Å². The van der Waals surface area contributed by atoms with E-state index >= 15 is 0 Å². The number of para-hydroxylation sites is 2. The van der Waals surface area contributed by atoms with Crippen LogP contribution in [0.15, 0.2) is 218 Å². The summed E-state index contributed by atoms with van der Waals surface area (Å²) in [5, 5.41) is 10.2. The molecule has 2 heterocycles. The van der Waals surface area contributed by atoms with E-state index in [2.05, 4.69) is 228 Å². The Labute approximate surface area is 346 Å². The highest BCUT2D eigenvalue weighted by molar-refractivity contribution is 7.25. The van der Waals surface area contributed by atoms with Crippen LogP contribution >= 0.6 is 11.3 Å². The van der Waals surface area contributed by atoms with Gasteiger partial charge >= 0.3 is 0 Å². The number of benzene rings is 10. The summed E-state index contributed by atoms with van der Waals surface area (Å²) >= 11 is 1.86. The maximum atomic E-state index is 2.48. The van der Waals surface area contributed by atoms with Gasteiger partial charge in [0, 0.05) is 59.3 Å². The molecule has 0 aliphatic heterocycles. The Hall–Kier alpha value is -7.46. The van der Waals surface area contributed by atoms with Crippen LogP contribution in [0, 0.1) is 0 Å². The van der Waals surface area contributed by atoms with Crippen molar-refractivity contribution in [3.05, 3.63) is 218 Å². The predicted molar refractivity (Wildman–Crippen MR) is 254 cm³/mol. The molecular weight excluding hydrogens is 733 g/mol. The molecule has 0 radical (unpaired) electrons. The third-order valence-corrected chi connectivity index (χ3v) is 13.1. The Bertz CT molecular complexity index is 3540. The number of fused-ring (bicyclic) bond motifs is 10. The van der Waals surface area contributed by atoms with Gasteiger partial charge in [-0.1, -0.05) is 152 Å². The summed E-state index contributed by atoms with van der Waals surface area (Å²) in [5.41, 5.74) is 11.6. The fourth-order valence-corrected chi connectivity index (χ4v) is 10.4. The molecule has 0 aliphatic rings. The van der Waals surface area contributed by atoms with Gasteiger partial charge in [-0.15, -0.1) is 11.3 Å². The molecule has 0 atom stereocenters.